The summed E-state index contributed by atoms with van der Waals surface area (Å²) in [6, 6.07) is 1.56. The number of nitrogens with zero attached hydrogens (tertiary/aromatic N) is 2. The standard InChI is InChI=1S/C9H14N4O2/c1-9(2,10)6-12-7-3-4-11-5-8(7)13(14)15/h3-5H,6,10H2,1-2H3,(H,11,12). The van der Waals surface area contributed by atoms with Crippen LogP contribution in [0.15, 0.2) is 18.5 Å². The topological polar surface area (TPSA) is 94.1 Å². The molecule has 3 N–H and O–H groups in total. The Morgan fingerprint density at radius 1 is 1.67 bits per heavy atom. The van der Waals surface area contributed by atoms with E-state index in [-0.39, 0.29) is 5.69 Å². The molecule has 0 aliphatic carbocycles. The lowest BCUT2D eigenvalue weighted by Gasteiger charge is -2.19. The van der Waals surface area contributed by atoms with E-state index in [1.54, 1.807) is 6.07 Å². The summed E-state index contributed by atoms with van der Waals surface area (Å²) in [5, 5.41) is 13.6. The quantitative estimate of drug-likeness (QED) is 0.574. The van der Waals surface area contributed by atoms with Gasteiger partial charge in [0.15, 0.2) is 0 Å². The highest BCUT2D eigenvalue weighted by Crippen LogP contribution is 2.21. The number of nitro groups is 1. The molecule has 0 spiro atoms. The van der Waals surface area contributed by atoms with Crippen molar-refractivity contribution in [2.75, 3.05) is 11.9 Å². The van der Waals surface area contributed by atoms with Crippen LogP contribution in [0.1, 0.15) is 13.8 Å². The van der Waals surface area contributed by atoms with Gasteiger partial charge in [-0.05, 0) is 19.9 Å². The molecule has 0 unspecified atom stereocenters. The molecule has 0 aliphatic rings. The van der Waals surface area contributed by atoms with Gasteiger partial charge in [0.05, 0.1) is 4.92 Å². The Morgan fingerprint density at radius 3 is 2.87 bits per heavy atom. The molecule has 6 heteroatoms. The number of nitrogens with two attached hydrogens (primary N) is 1. The van der Waals surface area contributed by atoms with E-state index in [9.17, 15) is 10.1 Å². The molecule has 0 fully saturated rings. The van der Waals surface area contributed by atoms with Gasteiger partial charge in [0.2, 0.25) is 0 Å². The van der Waals surface area contributed by atoms with E-state index in [1.807, 2.05) is 13.8 Å². The Kier molecular flexibility index (Phi) is 3.21. The van der Waals surface area contributed by atoms with Crippen molar-refractivity contribution in [3.63, 3.8) is 0 Å². The first-order valence-corrected chi connectivity index (χ1v) is 4.51. The van der Waals surface area contributed by atoms with Crippen LogP contribution in [0.3, 0.4) is 0 Å². The lowest BCUT2D eigenvalue weighted by Crippen LogP contribution is -2.39. The van der Waals surface area contributed by atoms with Crippen molar-refractivity contribution < 1.29 is 4.92 Å². The summed E-state index contributed by atoms with van der Waals surface area (Å²) in [5.74, 6) is 0. The number of rotatable bonds is 4. The molecule has 0 saturated heterocycles. The Labute approximate surface area is 87.7 Å². The zero-order valence-electron chi connectivity index (χ0n) is 8.73. The summed E-state index contributed by atoms with van der Waals surface area (Å²) < 4.78 is 0. The summed E-state index contributed by atoms with van der Waals surface area (Å²) in [7, 11) is 0. The summed E-state index contributed by atoms with van der Waals surface area (Å²) >= 11 is 0. The molecule has 1 aromatic heterocycles. The number of hydrogen-bond acceptors (Lipinski definition) is 5. The molecule has 6 nitrogen and oxygen atoms in total. The highest BCUT2D eigenvalue weighted by atomic mass is 16.6. The maximum absolute atomic E-state index is 10.6. The van der Waals surface area contributed by atoms with Crippen molar-refractivity contribution in [2.45, 2.75) is 19.4 Å². The van der Waals surface area contributed by atoms with Crippen molar-refractivity contribution in [1.82, 2.24) is 4.98 Å². The van der Waals surface area contributed by atoms with Gasteiger partial charge in [-0.3, -0.25) is 15.1 Å². The van der Waals surface area contributed by atoms with Crippen molar-refractivity contribution in [3.05, 3.63) is 28.6 Å². The molecule has 1 heterocycles. The summed E-state index contributed by atoms with van der Waals surface area (Å²) in [6.45, 7) is 4.14. The van der Waals surface area contributed by atoms with E-state index in [4.69, 9.17) is 5.73 Å². The van der Waals surface area contributed by atoms with Gasteiger partial charge >= 0.3 is 5.69 Å². The first-order valence-electron chi connectivity index (χ1n) is 4.51. The second kappa shape index (κ2) is 4.22. The van der Waals surface area contributed by atoms with Crippen LogP contribution in [0, 0.1) is 10.1 Å². The van der Waals surface area contributed by atoms with E-state index >= 15 is 0 Å². The first-order chi connectivity index (χ1) is 6.90. The second-order valence-electron chi connectivity index (χ2n) is 3.99. The summed E-state index contributed by atoms with van der Waals surface area (Å²) in [4.78, 5) is 13.9. The van der Waals surface area contributed by atoms with Crippen LogP contribution in [0.25, 0.3) is 0 Å². The molecule has 0 aromatic carbocycles. The third-order valence-electron chi connectivity index (χ3n) is 1.73. The van der Waals surface area contributed by atoms with Crippen LogP contribution in [0.5, 0.6) is 0 Å². The minimum absolute atomic E-state index is 0.0400. The van der Waals surface area contributed by atoms with Crippen molar-refractivity contribution in [2.24, 2.45) is 5.73 Å². The van der Waals surface area contributed by atoms with Crippen LogP contribution in [0.4, 0.5) is 11.4 Å². The van der Waals surface area contributed by atoms with Gasteiger partial charge in [0.25, 0.3) is 0 Å². The largest absolute Gasteiger partial charge is 0.378 e. The van der Waals surface area contributed by atoms with Crippen molar-refractivity contribution in [1.29, 1.82) is 0 Å². The van der Waals surface area contributed by atoms with Gasteiger partial charge in [-0.15, -0.1) is 0 Å². The van der Waals surface area contributed by atoms with Crippen LogP contribution < -0.4 is 11.1 Å². The van der Waals surface area contributed by atoms with Crippen molar-refractivity contribution in [3.8, 4) is 0 Å². The van der Waals surface area contributed by atoms with Crippen LogP contribution >= 0.6 is 0 Å². The van der Waals surface area contributed by atoms with Gasteiger partial charge in [-0.2, -0.15) is 0 Å². The predicted molar refractivity (Wildman–Crippen MR) is 57.6 cm³/mol. The van der Waals surface area contributed by atoms with Gasteiger partial charge in [-0.1, -0.05) is 0 Å². The van der Waals surface area contributed by atoms with E-state index in [2.05, 4.69) is 10.3 Å². The minimum Gasteiger partial charge on any atom is -0.378 e. The number of anilines is 1. The zero-order valence-corrected chi connectivity index (χ0v) is 8.73. The van der Waals surface area contributed by atoms with Crippen LogP contribution in [-0.4, -0.2) is 22.0 Å². The molecule has 82 valence electrons. The van der Waals surface area contributed by atoms with Crippen molar-refractivity contribution >= 4 is 11.4 Å². The molecule has 0 bridgehead atoms. The number of aromatic nitrogens is 1. The predicted octanol–water partition coefficient (Wildman–Crippen LogP) is 1.14. The fourth-order valence-electron chi connectivity index (χ4n) is 1.00. The van der Waals surface area contributed by atoms with Gasteiger partial charge in [0, 0.05) is 18.3 Å². The molecular formula is C9H14N4O2. The molecule has 0 amide bonds. The Bertz CT molecular complexity index is 359. The SMILES string of the molecule is CC(C)(N)CNc1ccncc1[N+](=O)[O-]. The molecule has 1 rings (SSSR count). The van der Waals surface area contributed by atoms with E-state index in [0.717, 1.165) is 0 Å². The molecule has 1 aromatic rings. The monoisotopic (exact) mass is 210 g/mol. The van der Waals surface area contributed by atoms with E-state index < -0.39 is 10.5 Å². The van der Waals surface area contributed by atoms with Gasteiger partial charge in [-0.25, -0.2) is 0 Å². The highest BCUT2D eigenvalue weighted by molar-refractivity contribution is 5.59. The Hall–Kier alpha value is -1.69. The molecule has 0 saturated carbocycles. The Balaban J connectivity index is 2.81. The maximum Gasteiger partial charge on any atom is 0.310 e. The van der Waals surface area contributed by atoms with Crippen LogP contribution in [0.2, 0.25) is 0 Å². The molecule has 15 heavy (non-hydrogen) atoms. The maximum atomic E-state index is 10.6. The third-order valence-corrected chi connectivity index (χ3v) is 1.73. The lowest BCUT2D eigenvalue weighted by atomic mass is 10.1. The number of nitrogens with one attached hydrogen (secondary N) is 1. The Morgan fingerprint density at radius 2 is 2.33 bits per heavy atom. The molecular weight excluding hydrogens is 196 g/mol. The average Bonchev–Trinajstić information content (AvgIpc) is 2.14. The van der Waals surface area contributed by atoms with Gasteiger partial charge < -0.3 is 11.1 Å². The zero-order chi connectivity index (χ0) is 11.5. The summed E-state index contributed by atoms with van der Waals surface area (Å²) in [6.07, 6.45) is 2.71. The number of pyridine rings is 1. The van der Waals surface area contributed by atoms with Gasteiger partial charge in [0.1, 0.15) is 11.9 Å². The lowest BCUT2D eigenvalue weighted by molar-refractivity contribution is -0.384. The van der Waals surface area contributed by atoms with E-state index in [0.29, 0.717) is 12.2 Å². The molecule has 0 atom stereocenters. The van der Waals surface area contributed by atoms with E-state index in [1.165, 1.54) is 12.4 Å². The smallest absolute Gasteiger partial charge is 0.310 e. The minimum atomic E-state index is -0.473. The highest BCUT2D eigenvalue weighted by Gasteiger charge is 2.16. The summed E-state index contributed by atoms with van der Waals surface area (Å²) in [5.41, 5.74) is 5.74. The third kappa shape index (κ3) is 3.51. The van der Waals surface area contributed by atoms with Crippen LogP contribution in [-0.2, 0) is 0 Å². The number of hydrogen-bond donors (Lipinski definition) is 2. The molecule has 0 radical (unpaired) electrons. The second-order valence-corrected chi connectivity index (χ2v) is 3.99. The molecule has 0 aliphatic heterocycles. The fourth-order valence-corrected chi connectivity index (χ4v) is 1.00. The normalized spacial score (nSPS) is 11.1. The fraction of sp³-hybridized carbons (Fsp3) is 0.444. The average molecular weight is 210 g/mol. The first kappa shape index (κ1) is 11.4.